The molecule has 0 radical (unpaired) electrons. The molecule has 0 aliphatic carbocycles. The number of hydrogen-bond donors (Lipinski definition) is 0. The van der Waals surface area contributed by atoms with Gasteiger partial charge in [0, 0.05) is 38.9 Å². The molecular formula is C60H40N2. The standard InChI is InChI=1S/C60H40N2/c1-3-11-41(12-4-1)42-19-21-43(22-20-42)44-25-31-51(32-26-44)61(53-35-38-55-49(39-53)24-23-46-13-7-9-17-54(46)55)52-33-27-45(28-34-52)48-30-36-57-58-37-29-47-14-8-10-18-56(47)60(58)62(59(57)40-48)50-15-5-2-6-16-50/h1-40H. The maximum Gasteiger partial charge on any atom is 0.0619 e. The predicted molar refractivity (Wildman–Crippen MR) is 264 cm³/mol. The molecule has 0 bridgehead atoms. The zero-order chi connectivity index (χ0) is 41.0. The molecule has 11 aromatic carbocycles. The van der Waals surface area contributed by atoms with Crippen molar-refractivity contribution >= 4 is 71.2 Å². The van der Waals surface area contributed by atoms with Crippen LogP contribution in [0.5, 0.6) is 0 Å². The number of fused-ring (bicyclic) bond motifs is 8. The molecule has 0 amide bonds. The highest BCUT2D eigenvalue weighted by atomic mass is 15.1. The van der Waals surface area contributed by atoms with Gasteiger partial charge < -0.3 is 9.47 Å². The number of aromatic nitrogens is 1. The Morgan fingerprint density at radius 1 is 0.258 bits per heavy atom. The first-order valence-electron chi connectivity index (χ1n) is 21.3. The third-order valence-corrected chi connectivity index (χ3v) is 12.6. The summed E-state index contributed by atoms with van der Waals surface area (Å²) in [4.78, 5) is 2.38. The summed E-state index contributed by atoms with van der Waals surface area (Å²) in [5.41, 5.74) is 14.1. The average molecular weight is 789 g/mol. The molecular weight excluding hydrogens is 749 g/mol. The zero-order valence-electron chi connectivity index (χ0n) is 34.0. The van der Waals surface area contributed by atoms with Crippen LogP contribution in [0.2, 0.25) is 0 Å². The molecule has 0 fully saturated rings. The van der Waals surface area contributed by atoms with Gasteiger partial charge in [0.2, 0.25) is 0 Å². The Hall–Kier alpha value is -8.20. The number of rotatable bonds is 7. The lowest BCUT2D eigenvalue weighted by Crippen LogP contribution is -2.09. The minimum absolute atomic E-state index is 1.10. The molecule has 0 spiro atoms. The predicted octanol–water partition coefficient (Wildman–Crippen LogP) is 16.7. The van der Waals surface area contributed by atoms with E-state index >= 15 is 0 Å². The van der Waals surface area contributed by atoms with Crippen molar-refractivity contribution in [3.63, 3.8) is 0 Å². The molecule has 0 aliphatic rings. The van der Waals surface area contributed by atoms with Gasteiger partial charge in [-0.15, -0.1) is 0 Å². The molecule has 0 atom stereocenters. The molecule has 62 heavy (non-hydrogen) atoms. The van der Waals surface area contributed by atoms with Crippen molar-refractivity contribution in [2.24, 2.45) is 0 Å². The van der Waals surface area contributed by atoms with E-state index in [1.54, 1.807) is 0 Å². The average Bonchev–Trinajstić information content (AvgIpc) is 3.69. The van der Waals surface area contributed by atoms with Crippen LogP contribution in [0.15, 0.2) is 243 Å². The highest BCUT2D eigenvalue weighted by Crippen LogP contribution is 2.41. The maximum atomic E-state index is 2.44. The molecule has 0 saturated heterocycles. The molecule has 2 heteroatoms. The zero-order valence-corrected chi connectivity index (χ0v) is 34.0. The van der Waals surface area contributed by atoms with Gasteiger partial charge in [0.15, 0.2) is 0 Å². The first-order valence-corrected chi connectivity index (χ1v) is 21.3. The lowest BCUT2D eigenvalue weighted by Gasteiger charge is -2.26. The van der Waals surface area contributed by atoms with E-state index in [0.717, 1.165) is 22.7 Å². The summed E-state index contributed by atoms with van der Waals surface area (Å²) in [7, 11) is 0. The second-order valence-electron chi connectivity index (χ2n) is 16.2. The van der Waals surface area contributed by atoms with E-state index in [1.165, 1.54) is 87.5 Å². The highest BCUT2D eigenvalue weighted by Gasteiger charge is 2.18. The fourth-order valence-electron chi connectivity index (χ4n) is 9.48. The van der Waals surface area contributed by atoms with Gasteiger partial charge in [0.25, 0.3) is 0 Å². The lowest BCUT2D eigenvalue weighted by atomic mass is 9.99. The molecule has 12 rings (SSSR count). The molecule has 1 heterocycles. The van der Waals surface area contributed by atoms with Crippen LogP contribution in [0.4, 0.5) is 17.1 Å². The summed E-state index contributed by atoms with van der Waals surface area (Å²) in [6.45, 7) is 0. The minimum Gasteiger partial charge on any atom is -0.310 e. The van der Waals surface area contributed by atoms with Gasteiger partial charge in [-0.3, -0.25) is 0 Å². The second kappa shape index (κ2) is 14.8. The third kappa shape index (κ3) is 6.12. The van der Waals surface area contributed by atoms with Gasteiger partial charge in [-0.1, -0.05) is 188 Å². The molecule has 0 saturated carbocycles. The van der Waals surface area contributed by atoms with E-state index < -0.39 is 0 Å². The number of nitrogens with zero attached hydrogens (tertiary/aromatic N) is 2. The van der Waals surface area contributed by atoms with E-state index in [4.69, 9.17) is 0 Å². The monoisotopic (exact) mass is 788 g/mol. The van der Waals surface area contributed by atoms with E-state index in [1.807, 2.05) is 0 Å². The van der Waals surface area contributed by atoms with Gasteiger partial charge in [-0.25, -0.2) is 0 Å². The quantitative estimate of drug-likeness (QED) is 0.146. The first-order chi connectivity index (χ1) is 30.7. The molecule has 290 valence electrons. The van der Waals surface area contributed by atoms with Crippen molar-refractivity contribution in [3.8, 4) is 39.1 Å². The summed E-state index contributed by atoms with van der Waals surface area (Å²) in [6, 6.07) is 88.4. The van der Waals surface area contributed by atoms with Crippen LogP contribution in [0.1, 0.15) is 0 Å². The minimum atomic E-state index is 1.10. The van der Waals surface area contributed by atoms with Crippen LogP contribution in [-0.2, 0) is 0 Å². The van der Waals surface area contributed by atoms with Gasteiger partial charge in [0.1, 0.15) is 0 Å². The Kier molecular flexibility index (Phi) is 8.53. The Bertz CT molecular complexity index is 3590. The number of hydrogen-bond acceptors (Lipinski definition) is 1. The molecule has 0 unspecified atom stereocenters. The van der Waals surface area contributed by atoms with Gasteiger partial charge in [-0.2, -0.15) is 0 Å². The number of benzene rings is 11. The van der Waals surface area contributed by atoms with Crippen molar-refractivity contribution in [2.75, 3.05) is 4.90 Å². The van der Waals surface area contributed by atoms with Gasteiger partial charge in [0.05, 0.1) is 11.0 Å². The number of para-hydroxylation sites is 1. The van der Waals surface area contributed by atoms with Crippen molar-refractivity contribution in [1.29, 1.82) is 0 Å². The molecule has 0 aliphatic heterocycles. The lowest BCUT2D eigenvalue weighted by molar-refractivity contribution is 1.19. The molecule has 0 N–H and O–H groups in total. The van der Waals surface area contributed by atoms with E-state index in [0.29, 0.717) is 0 Å². The summed E-state index contributed by atoms with van der Waals surface area (Å²) in [5.74, 6) is 0. The Morgan fingerprint density at radius 2 is 0.694 bits per heavy atom. The molecule has 2 nitrogen and oxygen atoms in total. The SMILES string of the molecule is c1ccc(-c2ccc(-c3ccc(N(c4ccc(-c5ccc6c7ccc8ccccc8c7n(-c7ccccc7)c6c5)cc4)c4ccc5c(ccc6ccccc65)c4)cc3)cc2)cc1. The summed E-state index contributed by atoms with van der Waals surface area (Å²) < 4.78 is 2.44. The van der Waals surface area contributed by atoms with E-state index in [2.05, 4.69) is 252 Å². The molecule has 12 aromatic rings. The van der Waals surface area contributed by atoms with Crippen molar-refractivity contribution in [2.45, 2.75) is 0 Å². The van der Waals surface area contributed by atoms with E-state index in [-0.39, 0.29) is 0 Å². The van der Waals surface area contributed by atoms with Crippen molar-refractivity contribution < 1.29 is 0 Å². The normalized spacial score (nSPS) is 11.5. The summed E-state index contributed by atoms with van der Waals surface area (Å²) >= 11 is 0. The van der Waals surface area contributed by atoms with Crippen LogP contribution in [0.3, 0.4) is 0 Å². The first kappa shape index (κ1) is 35.7. The fraction of sp³-hybridized carbons (Fsp3) is 0. The summed E-state index contributed by atoms with van der Waals surface area (Å²) in [6.07, 6.45) is 0. The van der Waals surface area contributed by atoms with Gasteiger partial charge in [-0.05, 0) is 115 Å². The topological polar surface area (TPSA) is 8.17 Å². The largest absolute Gasteiger partial charge is 0.310 e. The van der Waals surface area contributed by atoms with Crippen LogP contribution in [-0.4, -0.2) is 4.57 Å². The van der Waals surface area contributed by atoms with Gasteiger partial charge >= 0.3 is 0 Å². The number of anilines is 3. The fourth-order valence-corrected chi connectivity index (χ4v) is 9.48. The molecule has 1 aromatic heterocycles. The maximum absolute atomic E-state index is 2.44. The Morgan fingerprint density at radius 3 is 1.37 bits per heavy atom. The Labute approximate surface area is 360 Å². The summed E-state index contributed by atoms with van der Waals surface area (Å²) in [5, 5.41) is 10.0. The van der Waals surface area contributed by atoms with E-state index in [9.17, 15) is 0 Å². The van der Waals surface area contributed by atoms with Crippen LogP contribution in [0.25, 0.3) is 93.2 Å². The second-order valence-corrected chi connectivity index (χ2v) is 16.2. The third-order valence-electron chi connectivity index (χ3n) is 12.6. The highest BCUT2D eigenvalue weighted by molar-refractivity contribution is 6.19. The van der Waals surface area contributed by atoms with Crippen molar-refractivity contribution in [1.82, 2.24) is 4.57 Å². The van der Waals surface area contributed by atoms with Crippen LogP contribution in [0, 0.1) is 0 Å². The smallest absolute Gasteiger partial charge is 0.0619 e. The van der Waals surface area contributed by atoms with Crippen molar-refractivity contribution in [3.05, 3.63) is 243 Å². The van der Waals surface area contributed by atoms with Crippen LogP contribution >= 0.6 is 0 Å². The Balaban J connectivity index is 0.951. The van der Waals surface area contributed by atoms with Crippen LogP contribution < -0.4 is 4.90 Å².